The third-order valence-electron chi connectivity index (χ3n) is 5.10. The van der Waals surface area contributed by atoms with E-state index in [1.807, 2.05) is 19.9 Å². The zero-order valence-electron chi connectivity index (χ0n) is 18.0. The Kier molecular flexibility index (Phi) is 6.68. The first-order valence-electron chi connectivity index (χ1n) is 10.3. The zero-order valence-corrected chi connectivity index (χ0v) is 19.6. The van der Waals surface area contributed by atoms with Gasteiger partial charge in [-0.3, -0.25) is 9.59 Å². The van der Waals surface area contributed by atoms with Gasteiger partial charge in [0.15, 0.2) is 0 Å². The Balaban J connectivity index is 1.50. The fourth-order valence-corrected chi connectivity index (χ4v) is 4.58. The Morgan fingerprint density at radius 3 is 2.30 bits per heavy atom. The molecule has 0 aliphatic carbocycles. The summed E-state index contributed by atoms with van der Waals surface area (Å²) in [6, 6.07) is 19.4. The Bertz CT molecular complexity index is 1240. The van der Waals surface area contributed by atoms with Gasteiger partial charge in [-0.25, -0.2) is 9.88 Å². The summed E-state index contributed by atoms with van der Waals surface area (Å²) in [4.78, 5) is 31.5. The molecule has 1 aliphatic heterocycles. The summed E-state index contributed by atoms with van der Waals surface area (Å²) in [6.45, 7) is 4.02. The van der Waals surface area contributed by atoms with E-state index in [4.69, 9.17) is 16.3 Å². The van der Waals surface area contributed by atoms with Gasteiger partial charge in [-0.1, -0.05) is 37.2 Å². The van der Waals surface area contributed by atoms with Crippen LogP contribution in [0, 0.1) is 11.3 Å². The van der Waals surface area contributed by atoms with Crippen LogP contribution in [0.5, 0.6) is 11.5 Å². The van der Waals surface area contributed by atoms with Crippen molar-refractivity contribution in [2.75, 3.05) is 4.90 Å². The molecule has 166 valence electrons. The van der Waals surface area contributed by atoms with Crippen LogP contribution in [-0.2, 0) is 9.59 Å². The molecule has 6 nitrogen and oxygen atoms in total. The number of hydrogen-bond acceptors (Lipinski definition) is 6. The van der Waals surface area contributed by atoms with Gasteiger partial charge in [0.05, 0.1) is 16.5 Å². The van der Waals surface area contributed by atoms with Crippen LogP contribution < -0.4 is 9.64 Å². The number of nitrogens with zero attached hydrogens (tertiary/aromatic N) is 3. The molecule has 2 aromatic carbocycles. The van der Waals surface area contributed by atoms with Crippen molar-refractivity contribution in [1.82, 2.24) is 4.98 Å². The Hall–Kier alpha value is -3.34. The summed E-state index contributed by atoms with van der Waals surface area (Å²) in [5.74, 6) is 0.767. The number of halogens is 1. The van der Waals surface area contributed by atoms with Crippen LogP contribution in [0.4, 0.5) is 5.69 Å². The minimum Gasteiger partial charge on any atom is -0.457 e. The standard InChI is InChI=1S/C25H20ClN3O3S/c1-15(2)21-12-3-16(14-27)24(28-21)33-22-13-23(30)29(25(22)31)18-6-10-20(11-7-18)32-19-8-4-17(26)5-9-19/h3-12,15,22H,13H2,1-2H3/t22-/m1/s1. The third kappa shape index (κ3) is 5.03. The normalized spacial score (nSPS) is 15.7. The molecule has 2 amide bonds. The zero-order chi connectivity index (χ0) is 23.5. The second kappa shape index (κ2) is 9.65. The molecule has 0 radical (unpaired) electrons. The fraction of sp³-hybridized carbons (Fsp3) is 0.200. The van der Waals surface area contributed by atoms with Gasteiger partial charge in [0.25, 0.3) is 0 Å². The van der Waals surface area contributed by atoms with E-state index in [1.165, 1.54) is 16.7 Å². The lowest BCUT2D eigenvalue weighted by molar-refractivity contribution is -0.121. The molecular formula is C25H20ClN3O3S. The molecule has 0 N–H and O–H groups in total. The van der Waals surface area contributed by atoms with Gasteiger partial charge in [0.2, 0.25) is 11.8 Å². The van der Waals surface area contributed by atoms with Gasteiger partial charge >= 0.3 is 0 Å². The van der Waals surface area contributed by atoms with E-state index in [2.05, 4.69) is 11.1 Å². The van der Waals surface area contributed by atoms with Crippen molar-refractivity contribution in [2.45, 2.75) is 36.5 Å². The molecule has 1 aromatic heterocycles. The van der Waals surface area contributed by atoms with Gasteiger partial charge in [-0.2, -0.15) is 5.26 Å². The summed E-state index contributed by atoms with van der Waals surface area (Å²) >= 11 is 7.06. The van der Waals surface area contributed by atoms with Crippen LogP contribution in [0.15, 0.2) is 65.7 Å². The monoisotopic (exact) mass is 477 g/mol. The molecule has 1 atom stereocenters. The van der Waals surface area contributed by atoms with Gasteiger partial charge in [-0.05, 0) is 66.6 Å². The molecule has 3 aromatic rings. The Morgan fingerprint density at radius 1 is 1.06 bits per heavy atom. The minimum atomic E-state index is -0.635. The number of aromatic nitrogens is 1. The Labute approximate surface area is 201 Å². The van der Waals surface area contributed by atoms with Gasteiger partial charge in [0.1, 0.15) is 22.6 Å². The van der Waals surface area contributed by atoms with Crippen LogP contribution in [0.25, 0.3) is 0 Å². The van der Waals surface area contributed by atoms with Crippen LogP contribution in [0.3, 0.4) is 0 Å². The van der Waals surface area contributed by atoms with Crippen molar-refractivity contribution in [1.29, 1.82) is 5.26 Å². The maximum Gasteiger partial charge on any atom is 0.247 e. The van der Waals surface area contributed by atoms with Crippen molar-refractivity contribution >= 4 is 40.9 Å². The molecule has 33 heavy (non-hydrogen) atoms. The van der Waals surface area contributed by atoms with Gasteiger partial charge < -0.3 is 4.74 Å². The van der Waals surface area contributed by atoms with Crippen LogP contribution in [-0.4, -0.2) is 22.0 Å². The molecular weight excluding hydrogens is 458 g/mol. The Morgan fingerprint density at radius 2 is 1.70 bits per heavy atom. The highest BCUT2D eigenvalue weighted by Crippen LogP contribution is 2.36. The first-order chi connectivity index (χ1) is 15.9. The number of benzene rings is 2. The molecule has 2 heterocycles. The highest BCUT2D eigenvalue weighted by molar-refractivity contribution is 8.00. The maximum absolute atomic E-state index is 13.1. The van der Waals surface area contributed by atoms with E-state index < -0.39 is 5.25 Å². The highest BCUT2D eigenvalue weighted by Gasteiger charge is 2.40. The average molecular weight is 478 g/mol. The molecule has 0 spiro atoms. The summed E-state index contributed by atoms with van der Waals surface area (Å²) < 4.78 is 5.77. The van der Waals surface area contributed by atoms with E-state index in [1.54, 1.807) is 54.6 Å². The smallest absolute Gasteiger partial charge is 0.247 e. The number of pyridine rings is 1. The SMILES string of the molecule is CC(C)c1ccc(C#N)c(S[C@@H]2CC(=O)N(c3ccc(Oc4ccc(Cl)cc4)cc3)C2=O)n1. The van der Waals surface area contributed by atoms with E-state index in [-0.39, 0.29) is 24.2 Å². The lowest BCUT2D eigenvalue weighted by Gasteiger charge is -2.16. The summed E-state index contributed by atoms with van der Waals surface area (Å²) in [5, 5.41) is 9.89. The third-order valence-corrected chi connectivity index (χ3v) is 6.54. The number of rotatable bonds is 6. The predicted octanol–water partition coefficient (Wildman–Crippen LogP) is 5.95. The highest BCUT2D eigenvalue weighted by atomic mass is 35.5. The number of anilines is 1. The van der Waals surface area contributed by atoms with Gasteiger partial charge in [-0.15, -0.1) is 0 Å². The second-order valence-corrected chi connectivity index (χ2v) is 9.41. The molecule has 1 aliphatic rings. The number of hydrogen-bond donors (Lipinski definition) is 0. The van der Waals surface area contributed by atoms with Gasteiger partial charge in [0, 0.05) is 17.1 Å². The molecule has 1 saturated heterocycles. The van der Waals surface area contributed by atoms with Crippen molar-refractivity contribution in [2.24, 2.45) is 0 Å². The van der Waals surface area contributed by atoms with Crippen LogP contribution in [0.2, 0.25) is 5.02 Å². The lowest BCUT2D eigenvalue weighted by Crippen LogP contribution is -2.31. The summed E-state index contributed by atoms with van der Waals surface area (Å²) in [6.07, 6.45) is 0.0466. The molecule has 1 fully saturated rings. The largest absolute Gasteiger partial charge is 0.457 e. The number of carbonyl (C=O) groups is 2. The van der Waals surface area contributed by atoms with Crippen molar-refractivity contribution < 1.29 is 14.3 Å². The quantitative estimate of drug-likeness (QED) is 0.408. The lowest BCUT2D eigenvalue weighted by atomic mass is 10.1. The van der Waals surface area contributed by atoms with Crippen LogP contribution in [0.1, 0.15) is 37.4 Å². The van der Waals surface area contributed by atoms with Crippen molar-refractivity contribution in [3.05, 3.63) is 76.9 Å². The van der Waals surface area contributed by atoms with E-state index in [0.29, 0.717) is 32.8 Å². The number of thioether (sulfide) groups is 1. The number of amides is 2. The minimum absolute atomic E-state index is 0.0466. The molecule has 0 bridgehead atoms. The second-order valence-electron chi connectivity index (χ2n) is 7.78. The summed E-state index contributed by atoms with van der Waals surface area (Å²) in [5.41, 5.74) is 1.70. The molecule has 0 unspecified atom stereocenters. The van der Waals surface area contributed by atoms with E-state index >= 15 is 0 Å². The topological polar surface area (TPSA) is 83.3 Å². The fourth-order valence-electron chi connectivity index (χ4n) is 3.36. The van der Waals surface area contributed by atoms with E-state index in [0.717, 1.165) is 5.69 Å². The predicted molar refractivity (Wildman–Crippen MR) is 128 cm³/mol. The first kappa shape index (κ1) is 22.8. The molecule has 4 rings (SSSR count). The molecule has 8 heteroatoms. The number of nitriles is 1. The molecule has 0 saturated carbocycles. The van der Waals surface area contributed by atoms with Crippen LogP contribution >= 0.6 is 23.4 Å². The average Bonchev–Trinajstić information content (AvgIpc) is 3.08. The van der Waals surface area contributed by atoms with Crippen molar-refractivity contribution in [3.63, 3.8) is 0 Å². The first-order valence-corrected chi connectivity index (χ1v) is 11.6. The number of carbonyl (C=O) groups excluding carboxylic acids is 2. The number of ether oxygens (including phenoxy) is 1. The maximum atomic E-state index is 13.1. The van der Waals surface area contributed by atoms with E-state index in [9.17, 15) is 14.9 Å². The number of imide groups is 1. The van der Waals surface area contributed by atoms with Crippen molar-refractivity contribution in [3.8, 4) is 17.6 Å². The summed E-state index contributed by atoms with van der Waals surface area (Å²) in [7, 11) is 0.